The summed E-state index contributed by atoms with van der Waals surface area (Å²) in [6, 6.07) is 0. The minimum atomic E-state index is -0.777. The number of hydrogen-bond donors (Lipinski definition) is 1. The first-order valence-corrected chi connectivity index (χ1v) is 8.78. The summed E-state index contributed by atoms with van der Waals surface area (Å²) >= 11 is 0. The Labute approximate surface area is 129 Å². The number of rotatable bonds is 7. The minimum absolute atomic E-state index is 0.193. The zero-order valence-electron chi connectivity index (χ0n) is 13.8. The number of nitrogens with two attached hydrogens (primary N) is 1. The smallest absolute Gasteiger partial charge is 0.327 e. The molecule has 21 heavy (non-hydrogen) atoms. The SMILES string of the molecule is CCCC1CCCN(CC(N)(C(=O)OCC)C2CC2)CC1. The summed E-state index contributed by atoms with van der Waals surface area (Å²) in [6.07, 6.45) is 8.55. The summed E-state index contributed by atoms with van der Waals surface area (Å²) in [6.45, 7) is 7.37. The number of carbonyl (C=O) groups excluding carboxylic acids is 1. The lowest BCUT2D eigenvalue weighted by molar-refractivity contribution is -0.151. The molecule has 2 fully saturated rings. The van der Waals surface area contributed by atoms with Crippen molar-refractivity contribution in [2.75, 3.05) is 26.2 Å². The van der Waals surface area contributed by atoms with Crippen molar-refractivity contribution in [1.29, 1.82) is 0 Å². The van der Waals surface area contributed by atoms with Crippen molar-refractivity contribution in [3.63, 3.8) is 0 Å². The summed E-state index contributed by atoms with van der Waals surface area (Å²) in [7, 11) is 0. The molecule has 0 amide bonds. The third-order valence-electron chi connectivity index (χ3n) is 5.08. The Morgan fingerprint density at radius 1 is 1.24 bits per heavy atom. The van der Waals surface area contributed by atoms with Gasteiger partial charge < -0.3 is 15.4 Å². The highest BCUT2D eigenvalue weighted by Crippen LogP contribution is 2.40. The van der Waals surface area contributed by atoms with E-state index in [0.717, 1.165) is 31.8 Å². The molecule has 2 unspecified atom stereocenters. The molecule has 1 saturated carbocycles. The Morgan fingerprint density at radius 3 is 2.62 bits per heavy atom. The van der Waals surface area contributed by atoms with Gasteiger partial charge in [-0.05, 0) is 64.0 Å². The molecule has 122 valence electrons. The fourth-order valence-corrected chi connectivity index (χ4v) is 3.67. The highest BCUT2D eigenvalue weighted by molar-refractivity contribution is 5.82. The summed E-state index contributed by atoms with van der Waals surface area (Å²) < 4.78 is 5.25. The Bertz CT molecular complexity index is 344. The van der Waals surface area contributed by atoms with Crippen LogP contribution in [0.4, 0.5) is 0 Å². The number of hydrogen-bond acceptors (Lipinski definition) is 4. The lowest BCUT2D eigenvalue weighted by Gasteiger charge is -2.33. The first-order valence-electron chi connectivity index (χ1n) is 8.78. The van der Waals surface area contributed by atoms with Crippen LogP contribution in [0.2, 0.25) is 0 Å². The van der Waals surface area contributed by atoms with Crippen molar-refractivity contribution >= 4 is 5.97 Å². The van der Waals surface area contributed by atoms with Crippen molar-refractivity contribution in [3.8, 4) is 0 Å². The van der Waals surface area contributed by atoms with Gasteiger partial charge in [0.25, 0.3) is 0 Å². The second-order valence-electron chi connectivity index (χ2n) is 6.90. The molecule has 1 aliphatic carbocycles. The van der Waals surface area contributed by atoms with Crippen molar-refractivity contribution in [2.24, 2.45) is 17.6 Å². The molecule has 4 heteroatoms. The molecule has 0 aromatic carbocycles. The number of nitrogens with zero attached hydrogens (tertiary/aromatic N) is 1. The van der Waals surface area contributed by atoms with Gasteiger partial charge >= 0.3 is 5.97 Å². The van der Waals surface area contributed by atoms with E-state index in [4.69, 9.17) is 10.5 Å². The standard InChI is InChI=1S/C17H32N2O2/c1-3-6-14-7-5-11-19(12-10-14)13-17(18,15-8-9-15)16(20)21-4-2/h14-15H,3-13,18H2,1-2H3. The molecule has 1 heterocycles. The molecule has 4 nitrogen and oxygen atoms in total. The van der Waals surface area contributed by atoms with Gasteiger partial charge in [0.1, 0.15) is 5.54 Å². The van der Waals surface area contributed by atoms with E-state index < -0.39 is 5.54 Å². The van der Waals surface area contributed by atoms with Crippen molar-refractivity contribution in [1.82, 2.24) is 4.90 Å². The fraction of sp³-hybridized carbons (Fsp3) is 0.941. The molecular formula is C17H32N2O2. The summed E-state index contributed by atoms with van der Waals surface area (Å²) in [5, 5.41) is 0. The lowest BCUT2D eigenvalue weighted by atomic mass is 9.93. The highest BCUT2D eigenvalue weighted by Gasteiger charge is 2.50. The Hall–Kier alpha value is -0.610. The molecule has 1 aliphatic heterocycles. The zero-order chi connectivity index (χ0) is 15.3. The van der Waals surface area contributed by atoms with Crippen LogP contribution in [-0.2, 0) is 9.53 Å². The zero-order valence-corrected chi connectivity index (χ0v) is 13.8. The normalized spacial score (nSPS) is 26.9. The second-order valence-corrected chi connectivity index (χ2v) is 6.90. The molecule has 0 aromatic heterocycles. The molecule has 1 saturated heterocycles. The molecule has 0 aromatic rings. The van der Waals surface area contributed by atoms with Crippen LogP contribution in [0.3, 0.4) is 0 Å². The first kappa shape index (κ1) is 16.8. The van der Waals surface area contributed by atoms with E-state index in [0.29, 0.717) is 19.1 Å². The van der Waals surface area contributed by atoms with Gasteiger partial charge in [-0.2, -0.15) is 0 Å². The maximum Gasteiger partial charge on any atom is 0.327 e. The van der Waals surface area contributed by atoms with E-state index >= 15 is 0 Å². The van der Waals surface area contributed by atoms with E-state index in [1.54, 1.807) is 0 Å². The average Bonchev–Trinajstić information content (AvgIpc) is 3.28. The number of ether oxygens (including phenoxy) is 1. The van der Waals surface area contributed by atoms with Crippen LogP contribution in [0.5, 0.6) is 0 Å². The van der Waals surface area contributed by atoms with Gasteiger partial charge in [0.2, 0.25) is 0 Å². The third-order valence-corrected chi connectivity index (χ3v) is 5.08. The van der Waals surface area contributed by atoms with Gasteiger partial charge in [0, 0.05) is 6.54 Å². The predicted octanol–water partition coefficient (Wildman–Crippen LogP) is 2.56. The Morgan fingerprint density at radius 2 is 2.00 bits per heavy atom. The van der Waals surface area contributed by atoms with E-state index in [9.17, 15) is 4.79 Å². The molecule has 2 atom stereocenters. The average molecular weight is 296 g/mol. The molecule has 0 spiro atoms. The van der Waals surface area contributed by atoms with Crippen molar-refractivity contribution < 1.29 is 9.53 Å². The van der Waals surface area contributed by atoms with Crippen LogP contribution in [-0.4, -0.2) is 42.6 Å². The largest absolute Gasteiger partial charge is 0.465 e. The van der Waals surface area contributed by atoms with Crippen LogP contribution in [0.1, 0.15) is 58.8 Å². The Kier molecular flexibility index (Phi) is 6.06. The maximum atomic E-state index is 12.3. The highest BCUT2D eigenvalue weighted by atomic mass is 16.5. The van der Waals surface area contributed by atoms with E-state index in [1.807, 2.05) is 6.92 Å². The van der Waals surface area contributed by atoms with Gasteiger partial charge in [0.15, 0.2) is 0 Å². The first-order chi connectivity index (χ1) is 10.1. The molecule has 0 radical (unpaired) electrons. The number of esters is 1. The molecule has 2 aliphatic rings. The predicted molar refractivity (Wildman–Crippen MR) is 85.0 cm³/mol. The summed E-state index contributed by atoms with van der Waals surface area (Å²) in [4.78, 5) is 14.7. The van der Waals surface area contributed by atoms with Gasteiger partial charge in [-0.15, -0.1) is 0 Å². The second kappa shape index (κ2) is 7.59. The van der Waals surface area contributed by atoms with Gasteiger partial charge in [0.05, 0.1) is 6.61 Å². The van der Waals surface area contributed by atoms with E-state index in [2.05, 4.69) is 11.8 Å². The Balaban J connectivity index is 1.92. The van der Waals surface area contributed by atoms with Crippen LogP contribution >= 0.6 is 0 Å². The van der Waals surface area contributed by atoms with Crippen LogP contribution in [0.15, 0.2) is 0 Å². The van der Waals surface area contributed by atoms with E-state index in [1.165, 1.54) is 32.1 Å². The summed E-state index contributed by atoms with van der Waals surface area (Å²) in [5.41, 5.74) is 5.71. The molecule has 2 N–H and O–H groups in total. The van der Waals surface area contributed by atoms with Crippen LogP contribution in [0, 0.1) is 11.8 Å². The van der Waals surface area contributed by atoms with Crippen LogP contribution in [0.25, 0.3) is 0 Å². The summed E-state index contributed by atoms with van der Waals surface area (Å²) in [5.74, 6) is 0.990. The third kappa shape index (κ3) is 4.43. The number of carbonyl (C=O) groups is 1. The minimum Gasteiger partial charge on any atom is -0.465 e. The van der Waals surface area contributed by atoms with Gasteiger partial charge in [-0.25, -0.2) is 4.79 Å². The number of likely N-dealkylation sites (tertiary alicyclic amines) is 1. The maximum absolute atomic E-state index is 12.3. The molecule has 0 bridgehead atoms. The molecule has 2 rings (SSSR count). The van der Waals surface area contributed by atoms with Gasteiger partial charge in [-0.3, -0.25) is 0 Å². The van der Waals surface area contributed by atoms with Crippen LogP contribution < -0.4 is 5.73 Å². The van der Waals surface area contributed by atoms with E-state index in [-0.39, 0.29) is 5.97 Å². The molecular weight excluding hydrogens is 264 g/mol. The lowest BCUT2D eigenvalue weighted by Crippen LogP contribution is -2.58. The quantitative estimate of drug-likeness (QED) is 0.734. The monoisotopic (exact) mass is 296 g/mol. The van der Waals surface area contributed by atoms with Gasteiger partial charge in [-0.1, -0.05) is 19.8 Å². The van der Waals surface area contributed by atoms with Crippen molar-refractivity contribution in [3.05, 3.63) is 0 Å². The fourth-order valence-electron chi connectivity index (χ4n) is 3.67. The topological polar surface area (TPSA) is 55.6 Å². The van der Waals surface area contributed by atoms with Crippen molar-refractivity contribution in [2.45, 2.75) is 64.3 Å².